The third kappa shape index (κ3) is 9.75. The summed E-state index contributed by atoms with van der Waals surface area (Å²) >= 11 is 0. The summed E-state index contributed by atoms with van der Waals surface area (Å²) < 4.78 is 103. The predicted molar refractivity (Wildman–Crippen MR) is 184 cm³/mol. The van der Waals surface area contributed by atoms with Crippen LogP contribution < -0.4 is 16.4 Å². The molecule has 5 heterocycles. The number of hydrogen-bond acceptors (Lipinski definition) is 13. The van der Waals surface area contributed by atoms with Crippen LogP contribution >= 0.6 is 0 Å². The fourth-order valence-electron chi connectivity index (χ4n) is 5.43. The number of hydrogen-bond donors (Lipinski definition) is 1. The van der Waals surface area contributed by atoms with Crippen molar-refractivity contribution in [3.05, 3.63) is 110 Å². The number of benzene rings is 3. The highest BCUT2D eigenvalue weighted by atomic mass is 19.4. The number of nitrogens with one attached hydrogen (secondary N) is 1. The summed E-state index contributed by atoms with van der Waals surface area (Å²) in [6.07, 6.45) is -4.51. The van der Waals surface area contributed by atoms with E-state index in [0.717, 1.165) is 40.3 Å². The Kier molecular flexibility index (Phi) is 12.7. The van der Waals surface area contributed by atoms with E-state index in [4.69, 9.17) is 9.47 Å². The van der Waals surface area contributed by atoms with Crippen LogP contribution in [0.2, 0.25) is 0 Å². The lowest BCUT2D eigenvalue weighted by Gasteiger charge is -2.29. The van der Waals surface area contributed by atoms with Crippen LogP contribution in [0.5, 0.6) is 0 Å². The second kappa shape index (κ2) is 18.1. The van der Waals surface area contributed by atoms with Crippen molar-refractivity contribution in [3.8, 4) is 11.4 Å². The van der Waals surface area contributed by atoms with E-state index >= 15 is 0 Å². The van der Waals surface area contributed by atoms with Crippen molar-refractivity contribution in [3.63, 3.8) is 0 Å². The fraction of sp³-hybridized carbons (Fsp3) is 0.312. The number of H-pyrrole nitrogens is 1. The van der Waals surface area contributed by atoms with E-state index in [-0.39, 0.29) is 23.7 Å². The van der Waals surface area contributed by atoms with Crippen LogP contribution in [-0.2, 0) is 15.7 Å². The number of carbonyl (C=O) groups excluding carboxylic acids is 2. The van der Waals surface area contributed by atoms with Crippen LogP contribution in [0.3, 0.4) is 0 Å². The van der Waals surface area contributed by atoms with Gasteiger partial charge in [-0.2, -0.15) is 27.5 Å². The number of nitrogens with zero attached hydrogens (tertiary/aromatic N) is 13. The van der Waals surface area contributed by atoms with E-state index < -0.39 is 58.5 Å². The molecule has 3 amide bonds. The zero-order chi connectivity index (χ0) is 42.3. The number of aromatic nitrogens is 8. The summed E-state index contributed by atoms with van der Waals surface area (Å²) in [6, 6.07) is 9.42. The van der Waals surface area contributed by atoms with Gasteiger partial charge in [0.25, 0.3) is 0 Å². The summed E-state index contributed by atoms with van der Waals surface area (Å²) in [6.45, 7) is 2.90. The molecular formula is C32H29F7N14O6. The topological polar surface area (TPSA) is 207 Å². The molecule has 1 N–H and O–H groups in total. The van der Waals surface area contributed by atoms with Crippen molar-refractivity contribution < 1.29 is 49.8 Å². The number of anilines is 1. The van der Waals surface area contributed by atoms with E-state index in [9.17, 15) is 49.9 Å². The normalized spacial score (nSPS) is 15.4. The van der Waals surface area contributed by atoms with Crippen molar-refractivity contribution in [2.24, 2.45) is 10.4 Å². The van der Waals surface area contributed by atoms with Gasteiger partial charge in [-0.3, -0.25) is 0 Å². The first-order chi connectivity index (χ1) is 28.2. The lowest BCUT2D eigenvalue weighted by Crippen LogP contribution is -2.47. The Hall–Kier alpha value is -7.03. The van der Waals surface area contributed by atoms with E-state index in [2.05, 4.69) is 31.3 Å². The molecule has 3 aliphatic rings. The highest BCUT2D eigenvalue weighted by Crippen LogP contribution is 2.37. The highest BCUT2D eigenvalue weighted by Gasteiger charge is 2.37. The van der Waals surface area contributed by atoms with Gasteiger partial charge >= 0.3 is 29.6 Å². The lowest BCUT2D eigenvalue weighted by molar-refractivity contribution is -0.137. The maximum Gasteiger partial charge on any atom is 0.418 e. The molecule has 2 aromatic heterocycles. The van der Waals surface area contributed by atoms with Gasteiger partial charge in [-0.15, -0.1) is 4.68 Å². The Labute approximate surface area is 325 Å². The number of morpholine rings is 2. The maximum absolute atomic E-state index is 13.7. The summed E-state index contributed by atoms with van der Waals surface area (Å²) in [5.41, 5.74) is -3.00. The number of ether oxygens (including phenoxy) is 2. The average Bonchev–Trinajstić information content (AvgIpc) is 3.99. The number of aromatic amines is 1. The molecule has 0 spiro atoms. The van der Waals surface area contributed by atoms with Crippen LogP contribution in [0.4, 0.5) is 46.0 Å². The van der Waals surface area contributed by atoms with Crippen molar-refractivity contribution in [1.82, 2.24) is 54.8 Å². The van der Waals surface area contributed by atoms with Gasteiger partial charge in [-0.1, -0.05) is 12.1 Å². The predicted octanol–water partition coefficient (Wildman–Crippen LogP) is 2.76. The van der Waals surface area contributed by atoms with Crippen LogP contribution in [0.15, 0.2) is 80.7 Å². The second-order valence-electron chi connectivity index (χ2n) is 12.1. The molecule has 2 fully saturated rings. The quantitative estimate of drug-likeness (QED) is 0.207. The lowest BCUT2D eigenvalue weighted by atomic mass is 10.1. The van der Waals surface area contributed by atoms with Crippen LogP contribution in [0.1, 0.15) is 5.56 Å². The Bertz CT molecular complexity index is 2430. The van der Waals surface area contributed by atoms with Gasteiger partial charge < -0.3 is 19.3 Å². The largest absolute Gasteiger partial charge is 0.418 e. The first-order valence-electron chi connectivity index (χ1n) is 17.1. The van der Waals surface area contributed by atoms with E-state index in [1.807, 2.05) is 5.10 Å². The molecule has 0 aliphatic carbocycles. The van der Waals surface area contributed by atoms with E-state index in [0.29, 0.717) is 78.8 Å². The maximum atomic E-state index is 13.7. The first kappa shape index (κ1) is 41.6. The first-order valence-corrected chi connectivity index (χ1v) is 17.1. The molecule has 0 bridgehead atoms. The van der Waals surface area contributed by atoms with Crippen LogP contribution in [-0.4, -0.2) is 126 Å². The fourth-order valence-corrected chi connectivity index (χ4v) is 5.43. The number of para-hydroxylation sites is 1. The van der Waals surface area contributed by atoms with Gasteiger partial charge in [-0.05, 0) is 67.7 Å². The summed E-state index contributed by atoms with van der Waals surface area (Å²) in [7, 11) is 0. The van der Waals surface area contributed by atoms with Gasteiger partial charge in [-0.25, -0.2) is 46.8 Å². The number of amides is 3. The number of urea groups is 1. The molecule has 3 aromatic carbocycles. The minimum atomic E-state index is -4.51. The van der Waals surface area contributed by atoms with Gasteiger partial charge in [0, 0.05) is 38.3 Å². The summed E-state index contributed by atoms with van der Waals surface area (Å²) in [4.78, 5) is 50.5. The minimum Gasteiger partial charge on any atom is -0.378 e. The molecule has 27 heteroatoms. The number of rotatable bonds is 3. The number of carbonyl (C=O) groups is 2. The molecule has 0 radical (unpaired) electrons. The summed E-state index contributed by atoms with van der Waals surface area (Å²) in [5.74, 6) is -3.36. The standard InChI is InChI=1S/C13H14F3N5O2.C12H11F2N5O3.C7H4F2N4O/c14-13(15,16)10-3-1-2-4-11(10)20-9-21(18-17-20)12(22)19-5-7-23-8-6-19;13-8-1-2-10(9(14)7-8)18-12(21)19(16-15-18)11(20)17-3-5-22-6-4-17;8-4-1-2-6(5(9)3-4)13-7(14)10-11-12-13/h1-4H,5-9H2;1-2,7H,3-6H2;1-3H,(H,10,12,14). The summed E-state index contributed by atoms with van der Waals surface area (Å²) in [5, 5.41) is 24.9. The molecule has 5 aromatic rings. The molecule has 312 valence electrons. The SMILES string of the molecule is O=C(N1CCOCC1)N1CN(c2ccccc2C(F)(F)F)N=N1.O=C(N1CCOCC1)n1nnn(-c2ccc(F)cc2F)c1=O.O=c1[nH]nnn1-c1ccc(F)cc1F. The molecule has 20 nitrogen and oxygen atoms in total. The smallest absolute Gasteiger partial charge is 0.378 e. The molecule has 59 heavy (non-hydrogen) atoms. The Morgan fingerprint density at radius 3 is 1.76 bits per heavy atom. The second-order valence-corrected chi connectivity index (χ2v) is 12.1. The Morgan fingerprint density at radius 2 is 1.22 bits per heavy atom. The van der Waals surface area contributed by atoms with Gasteiger partial charge in [0.15, 0.2) is 11.6 Å². The van der Waals surface area contributed by atoms with E-state index in [1.54, 1.807) is 0 Å². The van der Waals surface area contributed by atoms with Gasteiger partial charge in [0.1, 0.15) is 29.7 Å². The van der Waals surface area contributed by atoms with E-state index in [1.165, 1.54) is 28.0 Å². The van der Waals surface area contributed by atoms with Gasteiger partial charge in [0.2, 0.25) is 0 Å². The Morgan fingerprint density at radius 1 is 0.661 bits per heavy atom. The zero-order valence-electron chi connectivity index (χ0n) is 30.0. The minimum absolute atomic E-state index is 0.138. The average molecular weight is 839 g/mol. The monoisotopic (exact) mass is 838 g/mol. The number of tetrazole rings is 2. The van der Waals surface area contributed by atoms with Crippen LogP contribution in [0.25, 0.3) is 11.4 Å². The van der Waals surface area contributed by atoms with Crippen molar-refractivity contribution in [2.75, 3.05) is 64.3 Å². The zero-order valence-corrected chi connectivity index (χ0v) is 30.0. The molecule has 0 saturated carbocycles. The van der Waals surface area contributed by atoms with Crippen molar-refractivity contribution in [2.45, 2.75) is 6.18 Å². The highest BCUT2D eigenvalue weighted by molar-refractivity contribution is 5.76. The third-order valence-electron chi connectivity index (χ3n) is 8.31. The molecule has 0 unspecified atom stereocenters. The van der Waals surface area contributed by atoms with Crippen LogP contribution in [0, 0.1) is 23.3 Å². The number of alkyl halides is 3. The van der Waals surface area contributed by atoms with Crippen molar-refractivity contribution in [1.29, 1.82) is 0 Å². The molecule has 2 saturated heterocycles. The molecular weight excluding hydrogens is 809 g/mol. The third-order valence-corrected chi connectivity index (χ3v) is 8.31. The number of halogens is 7. The molecule has 8 rings (SSSR count). The van der Waals surface area contributed by atoms with Gasteiger partial charge in [0.05, 0.1) is 37.7 Å². The molecule has 0 atom stereocenters. The molecule has 3 aliphatic heterocycles. The van der Waals surface area contributed by atoms with Crippen molar-refractivity contribution >= 4 is 17.7 Å². The Balaban J connectivity index is 0.000000153.